The van der Waals surface area contributed by atoms with Crippen LogP contribution in [0.2, 0.25) is 0 Å². The van der Waals surface area contributed by atoms with Crippen molar-refractivity contribution >= 4 is 19.7 Å². The first-order valence-corrected chi connectivity index (χ1v) is 15.5. The molecule has 1 rings (SSSR count). The van der Waals surface area contributed by atoms with Crippen molar-refractivity contribution in [1.29, 1.82) is 0 Å². The molecular formula is C22H42O3P2. The number of benzene rings is 1. The molecule has 0 saturated heterocycles. The monoisotopic (exact) mass is 416 g/mol. The summed E-state index contributed by atoms with van der Waals surface area (Å²) in [6.45, 7) is 10.7. The first-order valence-electron chi connectivity index (χ1n) is 10.8. The molecule has 0 fully saturated rings. The predicted octanol–water partition coefficient (Wildman–Crippen LogP) is 7.36. The average Bonchev–Trinajstić information content (AvgIpc) is 2.64. The Kier molecular flexibility index (Phi) is 10.2. The topological polar surface area (TPSA) is 35.5 Å². The van der Waals surface area contributed by atoms with E-state index >= 15 is 0 Å². The Morgan fingerprint density at radius 1 is 0.852 bits per heavy atom. The van der Waals surface area contributed by atoms with Crippen LogP contribution in [-0.4, -0.2) is 31.8 Å². The van der Waals surface area contributed by atoms with Crippen LogP contribution < -0.4 is 5.30 Å². The first kappa shape index (κ1) is 24.8. The van der Waals surface area contributed by atoms with Gasteiger partial charge in [-0.1, -0.05) is 0 Å². The van der Waals surface area contributed by atoms with Crippen LogP contribution in [0.15, 0.2) is 24.3 Å². The maximum atomic E-state index is 14.0. The van der Waals surface area contributed by atoms with Gasteiger partial charge in [0.1, 0.15) is 0 Å². The fourth-order valence-electron chi connectivity index (χ4n) is 3.65. The van der Waals surface area contributed by atoms with E-state index in [0.29, 0.717) is 11.9 Å². The van der Waals surface area contributed by atoms with Gasteiger partial charge in [-0.05, 0) is 0 Å². The van der Waals surface area contributed by atoms with E-state index in [9.17, 15) is 4.57 Å². The second-order valence-corrected chi connectivity index (χ2v) is 16.4. The zero-order valence-corrected chi connectivity index (χ0v) is 20.3. The van der Waals surface area contributed by atoms with Crippen LogP contribution in [0.5, 0.6) is 0 Å². The molecule has 3 nitrogen and oxygen atoms in total. The summed E-state index contributed by atoms with van der Waals surface area (Å²) in [5.74, 6) is 0. The van der Waals surface area contributed by atoms with Gasteiger partial charge in [-0.3, -0.25) is 0 Å². The standard InChI is InChI=1S/C22H42O3P2/c1-7-11-18-27(6,19-12-8-2,20-13-9-3)25-26(23,24-10-4)22-16-14-21(5)15-17-22/h14-17H,7-13,18-20H2,1-6H3. The molecule has 0 heterocycles. The Bertz CT molecular complexity index is 574. The van der Waals surface area contributed by atoms with Crippen molar-refractivity contribution in [2.75, 3.05) is 31.8 Å². The molecule has 27 heavy (non-hydrogen) atoms. The summed E-state index contributed by atoms with van der Waals surface area (Å²) in [4.78, 5) is 0. The van der Waals surface area contributed by atoms with Gasteiger partial charge in [0.2, 0.25) is 0 Å². The van der Waals surface area contributed by atoms with Crippen molar-refractivity contribution in [2.45, 2.75) is 73.1 Å². The molecule has 0 aromatic heterocycles. The Hall–Kier alpha value is -0.200. The van der Waals surface area contributed by atoms with Gasteiger partial charge in [-0.15, -0.1) is 0 Å². The van der Waals surface area contributed by atoms with Crippen molar-refractivity contribution in [3.05, 3.63) is 29.8 Å². The molecule has 1 aromatic rings. The number of hydrogen-bond donors (Lipinski definition) is 0. The molecule has 0 N–H and O–H groups in total. The number of rotatable bonds is 14. The van der Waals surface area contributed by atoms with Gasteiger partial charge in [0.05, 0.1) is 0 Å². The molecule has 0 spiro atoms. The fraction of sp³-hybridized carbons (Fsp3) is 0.727. The summed E-state index contributed by atoms with van der Waals surface area (Å²) in [6, 6.07) is 7.84. The van der Waals surface area contributed by atoms with Crippen molar-refractivity contribution < 1.29 is 13.4 Å². The van der Waals surface area contributed by atoms with Crippen LogP contribution in [0.3, 0.4) is 0 Å². The van der Waals surface area contributed by atoms with E-state index < -0.39 is 14.4 Å². The Morgan fingerprint density at radius 2 is 1.30 bits per heavy atom. The van der Waals surface area contributed by atoms with Crippen LogP contribution in [0.4, 0.5) is 0 Å². The normalized spacial score (nSPS) is 15.9. The van der Waals surface area contributed by atoms with E-state index in [1.54, 1.807) is 0 Å². The summed E-state index contributed by atoms with van der Waals surface area (Å²) in [7, 11) is -3.34. The molecule has 0 amide bonds. The van der Waals surface area contributed by atoms with Gasteiger partial charge < -0.3 is 0 Å². The van der Waals surface area contributed by atoms with Gasteiger partial charge in [0.25, 0.3) is 0 Å². The van der Waals surface area contributed by atoms with E-state index in [1.807, 2.05) is 38.1 Å². The van der Waals surface area contributed by atoms with E-state index in [0.717, 1.165) is 62.6 Å². The molecule has 5 heteroatoms. The van der Waals surface area contributed by atoms with Gasteiger partial charge in [-0.25, -0.2) is 0 Å². The Morgan fingerprint density at radius 3 is 1.67 bits per heavy atom. The molecule has 0 aliphatic rings. The average molecular weight is 417 g/mol. The third-order valence-electron chi connectivity index (χ3n) is 5.44. The molecule has 0 aliphatic carbocycles. The van der Waals surface area contributed by atoms with E-state index in [4.69, 9.17) is 8.83 Å². The van der Waals surface area contributed by atoms with Crippen molar-refractivity contribution in [2.24, 2.45) is 0 Å². The summed E-state index contributed by atoms with van der Waals surface area (Å²) in [5, 5.41) is 0.704. The summed E-state index contributed by atoms with van der Waals surface area (Å²) >= 11 is 0. The minimum absolute atomic E-state index is 0.396. The van der Waals surface area contributed by atoms with Crippen LogP contribution >= 0.6 is 14.4 Å². The SMILES string of the molecule is CCCCP(C)(CCCC)(CCCC)OP(=O)(OCC)c1ccc(C)cc1. The Labute approximate surface area is 168 Å². The molecule has 0 radical (unpaired) electrons. The van der Waals surface area contributed by atoms with E-state index in [2.05, 4.69) is 27.4 Å². The molecule has 1 unspecified atom stereocenters. The second kappa shape index (κ2) is 11.1. The molecule has 0 aliphatic heterocycles. The number of hydrogen-bond acceptors (Lipinski definition) is 3. The molecule has 158 valence electrons. The van der Waals surface area contributed by atoms with Crippen molar-refractivity contribution in [3.63, 3.8) is 0 Å². The quantitative estimate of drug-likeness (QED) is 0.297. The summed E-state index contributed by atoms with van der Waals surface area (Å²) in [5.41, 5.74) is 1.15. The number of aryl methyl sites for hydroxylation is 1. The molecular weight excluding hydrogens is 374 g/mol. The third-order valence-corrected chi connectivity index (χ3v) is 14.6. The summed E-state index contributed by atoms with van der Waals surface area (Å²) < 4.78 is 26.8. The van der Waals surface area contributed by atoms with Gasteiger partial charge in [0.15, 0.2) is 0 Å². The summed E-state index contributed by atoms with van der Waals surface area (Å²) in [6.07, 6.45) is 9.93. The van der Waals surface area contributed by atoms with E-state index in [1.165, 1.54) is 0 Å². The molecule has 0 saturated carbocycles. The van der Waals surface area contributed by atoms with Crippen molar-refractivity contribution in [1.82, 2.24) is 0 Å². The van der Waals surface area contributed by atoms with E-state index in [-0.39, 0.29) is 0 Å². The Balaban J connectivity index is 3.38. The predicted molar refractivity (Wildman–Crippen MR) is 123 cm³/mol. The van der Waals surface area contributed by atoms with Crippen LogP contribution in [-0.2, 0) is 13.4 Å². The van der Waals surface area contributed by atoms with Crippen LogP contribution in [0.25, 0.3) is 0 Å². The van der Waals surface area contributed by atoms with Crippen LogP contribution in [0.1, 0.15) is 71.8 Å². The zero-order chi connectivity index (χ0) is 20.4. The minimum atomic E-state index is -3.34. The van der Waals surface area contributed by atoms with Crippen molar-refractivity contribution in [3.8, 4) is 0 Å². The first-order chi connectivity index (χ1) is 12.7. The second-order valence-electron chi connectivity index (χ2n) is 8.25. The van der Waals surface area contributed by atoms with Gasteiger partial charge in [0, 0.05) is 0 Å². The third kappa shape index (κ3) is 7.28. The molecule has 1 aromatic carbocycles. The maximum absolute atomic E-state index is 14.0. The zero-order valence-electron chi connectivity index (χ0n) is 18.5. The molecule has 1 atom stereocenters. The van der Waals surface area contributed by atoms with Gasteiger partial charge >= 0.3 is 168 Å². The van der Waals surface area contributed by atoms with Crippen LogP contribution in [0, 0.1) is 6.92 Å². The molecule has 0 bridgehead atoms. The van der Waals surface area contributed by atoms with Gasteiger partial charge in [-0.2, -0.15) is 0 Å². The fourth-order valence-corrected chi connectivity index (χ4v) is 13.2. The number of unbranched alkanes of at least 4 members (excludes halogenated alkanes) is 3.